The first kappa shape index (κ1) is 23.8. The van der Waals surface area contributed by atoms with Gasteiger partial charge < -0.3 is 4.90 Å². The highest BCUT2D eigenvalue weighted by Crippen LogP contribution is 2.51. The van der Waals surface area contributed by atoms with Gasteiger partial charge in [0, 0.05) is 18.8 Å². The predicted molar refractivity (Wildman–Crippen MR) is 138 cm³/mol. The van der Waals surface area contributed by atoms with E-state index < -0.39 is 0 Å². The second kappa shape index (κ2) is 7.32. The molecule has 0 aromatic heterocycles. The highest BCUT2D eigenvalue weighted by Gasteiger charge is 2.40. The number of nitrogens with zero attached hydrogens (tertiary/aromatic N) is 2. The lowest BCUT2D eigenvalue weighted by molar-refractivity contribution is -0.384. The van der Waals surface area contributed by atoms with E-state index in [-0.39, 0.29) is 32.3 Å². The maximum atomic E-state index is 12.2. The minimum absolute atomic E-state index is 0.00254. The van der Waals surface area contributed by atoms with E-state index >= 15 is 0 Å². The molecule has 2 aliphatic carbocycles. The van der Waals surface area contributed by atoms with Crippen LogP contribution in [0.15, 0.2) is 30.3 Å². The SMILES string of the molecule is CN(c1ccc2c(c1)C(C)(C)CCC2(C)C)c1cc2c(cc1[N+](=O)[O-])C(C)(C)CCC2(C)C. The topological polar surface area (TPSA) is 46.4 Å². The molecule has 2 aromatic rings. The molecule has 0 N–H and O–H groups in total. The first-order valence-corrected chi connectivity index (χ1v) is 12.3. The second-order valence-electron chi connectivity index (χ2n) is 13.0. The van der Waals surface area contributed by atoms with Crippen LogP contribution in [0.5, 0.6) is 0 Å². The van der Waals surface area contributed by atoms with Crippen LogP contribution in [0.25, 0.3) is 0 Å². The Bertz CT molecular complexity index is 1120. The van der Waals surface area contributed by atoms with Crippen molar-refractivity contribution in [2.75, 3.05) is 11.9 Å². The Morgan fingerprint density at radius 2 is 1.12 bits per heavy atom. The lowest BCUT2D eigenvalue weighted by atomic mass is 9.63. The van der Waals surface area contributed by atoms with Gasteiger partial charge in [-0.25, -0.2) is 0 Å². The zero-order valence-corrected chi connectivity index (χ0v) is 21.9. The van der Waals surface area contributed by atoms with Crippen molar-refractivity contribution in [2.45, 2.75) is 103 Å². The highest BCUT2D eigenvalue weighted by molar-refractivity contribution is 5.75. The first-order valence-electron chi connectivity index (χ1n) is 12.3. The van der Waals surface area contributed by atoms with Crippen molar-refractivity contribution in [3.8, 4) is 0 Å². The van der Waals surface area contributed by atoms with Gasteiger partial charge in [0.15, 0.2) is 0 Å². The van der Waals surface area contributed by atoms with Crippen molar-refractivity contribution in [2.24, 2.45) is 0 Å². The van der Waals surface area contributed by atoms with Crippen LogP contribution in [-0.2, 0) is 21.7 Å². The Kier molecular flexibility index (Phi) is 5.27. The summed E-state index contributed by atoms with van der Waals surface area (Å²) >= 11 is 0. The summed E-state index contributed by atoms with van der Waals surface area (Å²) < 4.78 is 0. The number of nitro benzene ring substituents is 1. The van der Waals surface area contributed by atoms with E-state index in [1.807, 2.05) is 18.0 Å². The maximum absolute atomic E-state index is 12.2. The zero-order valence-electron chi connectivity index (χ0n) is 21.9. The lowest BCUT2D eigenvalue weighted by Gasteiger charge is -2.43. The third-order valence-corrected chi connectivity index (χ3v) is 8.73. The number of nitro groups is 1. The van der Waals surface area contributed by atoms with Crippen LogP contribution in [0.1, 0.15) is 103 Å². The number of hydrogen-bond donors (Lipinski definition) is 0. The maximum Gasteiger partial charge on any atom is 0.293 e. The van der Waals surface area contributed by atoms with E-state index in [4.69, 9.17) is 0 Å². The molecule has 0 saturated carbocycles. The van der Waals surface area contributed by atoms with E-state index in [2.05, 4.69) is 79.7 Å². The van der Waals surface area contributed by atoms with Gasteiger partial charge >= 0.3 is 0 Å². The van der Waals surface area contributed by atoms with E-state index in [0.29, 0.717) is 5.69 Å². The van der Waals surface area contributed by atoms with Gasteiger partial charge in [0.1, 0.15) is 5.69 Å². The summed E-state index contributed by atoms with van der Waals surface area (Å²) in [5, 5.41) is 12.2. The summed E-state index contributed by atoms with van der Waals surface area (Å²) in [5.41, 5.74) is 7.19. The minimum atomic E-state index is -0.213. The Hall–Kier alpha value is -2.36. The molecular weight excluding hydrogens is 408 g/mol. The Balaban J connectivity index is 1.89. The largest absolute Gasteiger partial charge is 0.339 e. The third-order valence-electron chi connectivity index (χ3n) is 8.73. The molecule has 2 aromatic carbocycles. The summed E-state index contributed by atoms with van der Waals surface area (Å²) in [6, 6.07) is 10.6. The zero-order chi connectivity index (χ0) is 24.6. The van der Waals surface area contributed by atoms with Gasteiger partial charge in [-0.15, -0.1) is 0 Å². The van der Waals surface area contributed by atoms with Gasteiger partial charge in [0.05, 0.1) is 4.92 Å². The molecule has 4 rings (SSSR count). The van der Waals surface area contributed by atoms with Crippen LogP contribution >= 0.6 is 0 Å². The van der Waals surface area contributed by atoms with Crippen LogP contribution in [0.4, 0.5) is 17.1 Å². The van der Waals surface area contributed by atoms with Crippen molar-refractivity contribution in [3.63, 3.8) is 0 Å². The number of fused-ring (bicyclic) bond motifs is 2. The van der Waals surface area contributed by atoms with Gasteiger partial charge in [0.2, 0.25) is 0 Å². The van der Waals surface area contributed by atoms with Crippen molar-refractivity contribution in [1.29, 1.82) is 0 Å². The van der Waals surface area contributed by atoms with Gasteiger partial charge in [-0.1, -0.05) is 61.5 Å². The molecule has 0 radical (unpaired) electrons. The van der Waals surface area contributed by atoms with Crippen LogP contribution in [-0.4, -0.2) is 12.0 Å². The van der Waals surface area contributed by atoms with Crippen LogP contribution < -0.4 is 4.90 Å². The summed E-state index contributed by atoms with van der Waals surface area (Å²) in [6.45, 7) is 18.2. The van der Waals surface area contributed by atoms with Crippen molar-refractivity contribution in [1.82, 2.24) is 0 Å². The molecule has 178 valence electrons. The van der Waals surface area contributed by atoms with Crippen molar-refractivity contribution >= 4 is 17.1 Å². The standard InChI is InChI=1S/C29H40N2O2/c1-26(2)12-13-27(3,4)21-16-19(10-11-20(21)26)30(9)24-17-22-23(18-25(24)31(32)33)29(7,8)15-14-28(22,5)6/h10-11,16-18H,12-15H2,1-9H3. The number of rotatable bonds is 3. The molecule has 0 atom stereocenters. The Morgan fingerprint density at radius 3 is 1.61 bits per heavy atom. The highest BCUT2D eigenvalue weighted by atomic mass is 16.6. The van der Waals surface area contributed by atoms with Crippen LogP contribution in [0.3, 0.4) is 0 Å². The fraction of sp³-hybridized carbons (Fsp3) is 0.586. The van der Waals surface area contributed by atoms with Gasteiger partial charge in [-0.05, 0) is 87.8 Å². The number of hydrogen-bond acceptors (Lipinski definition) is 3. The van der Waals surface area contributed by atoms with E-state index in [1.165, 1.54) is 23.1 Å². The monoisotopic (exact) mass is 448 g/mol. The molecular formula is C29H40N2O2. The van der Waals surface area contributed by atoms with Gasteiger partial charge in [-0.3, -0.25) is 10.1 Å². The van der Waals surface area contributed by atoms with E-state index in [0.717, 1.165) is 30.5 Å². The molecule has 0 spiro atoms. The second-order valence-corrected chi connectivity index (χ2v) is 13.0. The molecule has 0 bridgehead atoms. The van der Waals surface area contributed by atoms with Crippen LogP contribution in [0.2, 0.25) is 0 Å². The molecule has 0 aliphatic heterocycles. The van der Waals surface area contributed by atoms with Crippen molar-refractivity contribution < 1.29 is 4.92 Å². The summed E-state index contributed by atoms with van der Waals surface area (Å²) in [5.74, 6) is 0. The lowest BCUT2D eigenvalue weighted by Crippen LogP contribution is -2.34. The number of anilines is 2. The summed E-state index contributed by atoms with van der Waals surface area (Å²) in [4.78, 5) is 14.0. The molecule has 2 aliphatic rings. The smallest absolute Gasteiger partial charge is 0.293 e. The first-order chi connectivity index (χ1) is 15.1. The molecule has 0 amide bonds. The predicted octanol–water partition coefficient (Wildman–Crippen LogP) is 8.06. The average molecular weight is 449 g/mol. The van der Waals surface area contributed by atoms with Crippen molar-refractivity contribution in [3.05, 3.63) is 62.7 Å². The third kappa shape index (κ3) is 3.86. The molecule has 0 heterocycles. The Labute approximate surface area is 199 Å². The molecule has 4 heteroatoms. The van der Waals surface area contributed by atoms with Crippen LogP contribution in [0, 0.1) is 10.1 Å². The summed E-state index contributed by atoms with van der Waals surface area (Å²) in [6.07, 6.45) is 4.43. The molecule has 0 saturated heterocycles. The molecule has 33 heavy (non-hydrogen) atoms. The fourth-order valence-corrected chi connectivity index (χ4v) is 5.93. The summed E-state index contributed by atoms with van der Waals surface area (Å²) in [7, 11) is 1.97. The normalized spacial score (nSPS) is 21.6. The molecule has 0 unspecified atom stereocenters. The Morgan fingerprint density at radius 1 is 0.697 bits per heavy atom. The molecule has 4 nitrogen and oxygen atoms in total. The van der Waals surface area contributed by atoms with E-state index in [9.17, 15) is 10.1 Å². The fourth-order valence-electron chi connectivity index (χ4n) is 5.93. The quantitative estimate of drug-likeness (QED) is 0.352. The number of benzene rings is 2. The molecule has 0 fully saturated rings. The van der Waals surface area contributed by atoms with Gasteiger partial charge in [-0.2, -0.15) is 0 Å². The van der Waals surface area contributed by atoms with Gasteiger partial charge in [0.25, 0.3) is 5.69 Å². The minimum Gasteiger partial charge on any atom is -0.339 e. The average Bonchev–Trinajstić information content (AvgIpc) is 2.73. The van der Waals surface area contributed by atoms with E-state index in [1.54, 1.807) is 0 Å².